The Balaban J connectivity index is 2.70. The summed E-state index contributed by atoms with van der Waals surface area (Å²) in [5.41, 5.74) is 3.17. The van der Waals surface area contributed by atoms with E-state index >= 15 is 0 Å². The number of carbonyl (C=O) groups excluding carboxylic acids is 2. The molecule has 1 aromatic carbocycles. The van der Waals surface area contributed by atoms with Crippen molar-refractivity contribution in [1.82, 2.24) is 16.2 Å². The molecule has 0 radical (unpaired) electrons. The second-order valence-electron chi connectivity index (χ2n) is 7.93. The smallest absolute Gasteiger partial charge is 0.408 e. The molecule has 0 saturated carbocycles. The van der Waals surface area contributed by atoms with Crippen LogP contribution < -0.4 is 16.2 Å². The summed E-state index contributed by atoms with van der Waals surface area (Å²) in [5, 5.41) is 2.52. The van der Waals surface area contributed by atoms with Gasteiger partial charge in [0.05, 0.1) is 0 Å². The summed E-state index contributed by atoms with van der Waals surface area (Å²) in [6.07, 6.45) is 0.274. The molecule has 0 heterocycles. The van der Waals surface area contributed by atoms with Crippen LogP contribution in [-0.2, 0) is 9.53 Å². The molecular formula is C18H26F2N4O3. The third-order valence-corrected chi connectivity index (χ3v) is 3.16. The van der Waals surface area contributed by atoms with Crippen LogP contribution in [0.4, 0.5) is 19.3 Å². The number of nitrogens with one attached hydrogen (secondary N) is 3. The highest BCUT2D eigenvalue weighted by molar-refractivity contribution is 5.87. The Kier molecular flexibility index (Phi) is 7.27. The largest absolute Gasteiger partial charge is 0.444 e. The molecule has 2 amide bonds. The molecule has 0 aliphatic carbocycles. The first kappa shape index (κ1) is 22.3. The van der Waals surface area contributed by atoms with Gasteiger partial charge >= 0.3 is 6.09 Å². The van der Waals surface area contributed by atoms with Gasteiger partial charge in [-0.15, -0.1) is 0 Å². The van der Waals surface area contributed by atoms with Crippen molar-refractivity contribution >= 4 is 24.0 Å². The highest BCUT2D eigenvalue weighted by Crippen LogP contribution is 2.20. The topological polar surface area (TPSA) is 91.8 Å². The average Bonchev–Trinajstić information content (AvgIpc) is 2.49. The van der Waals surface area contributed by atoms with Gasteiger partial charge in [-0.05, 0) is 38.3 Å². The van der Waals surface area contributed by atoms with E-state index in [0.29, 0.717) is 0 Å². The zero-order chi connectivity index (χ0) is 20.8. The number of benzene rings is 1. The molecule has 9 heteroatoms. The fourth-order valence-electron chi connectivity index (χ4n) is 1.96. The molecule has 3 N–H and O–H groups in total. The van der Waals surface area contributed by atoms with Gasteiger partial charge in [0, 0.05) is 6.07 Å². The Labute approximate surface area is 157 Å². The number of amides is 2. The molecule has 1 aromatic rings. The maximum Gasteiger partial charge on any atom is 0.408 e. The molecule has 0 spiro atoms. The Morgan fingerprint density at radius 3 is 2.33 bits per heavy atom. The molecule has 1 atom stereocenters. The van der Waals surface area contributed by atoms with Crippen LogP contribution >= 0.6 is 0 Å². The number of carbonyl (C=O) groups is 2. The Morgan fingerprint density at radius 1 is 1.15 bits per heavy atom. The number of halogens is 2. The zero-order valence-corrected chi connectivity index (χ0v) is 16.3. The molecule has 0 aliphatic rings. The highest BCUT2D eigenvalue weighted by Gasteiger charge is 2.34. The lowest BCUT2D eigenvalue weighted by Crippen LogP contribution is -2.56. The molecule has 7 nitrogen and oxygen atoms in total. The van der Waals surface area contributed by atoms with Gasteiger partial charge in [-0.2, -0.15) is 0 Å². The molecule has 0 unspecified atom stereocenters. The van der Waals surface area contributed by atoms with Crippen LogP contribution in [0.3, 0.4) is 0 Å². The van der Waals surface area contributed by atoms with Gasteiger partial charge in [-0.3, -0.25) is 15.6 Å². The van der Waals surface area contributed by atoms with Gasteiger partial charge in [0.25, 0.3) is 5.91 Å². The van der Waals surface area contributed by atoms with E-state index in [-0.39, 0.29) is 5.69 Å². The summed E-state index contributed by atoms with van der Waals surface area (Å²) in [6, 6.07) is 1.91. The lowest BCUT2D eigenvalue weighted by atomic mass is 9.86. The van der Waals surface area contributed by atoms with Crippen molar-refractivity contribution in [2.24, 2.45) is 10.4 Å². The normalized spacial score (nSPS) is 13.2. The van der Waals surface area contributed by atoms with E-state index in [9.17, 15) is 18.4 Å². The number of hydrogen-bond donors (Lipinski definition) is 3. The molecule has 150 valence electrons. The van der Waals surface area contributed by atoms with Crippen LogP contribution in [0.2, 0.25) is 0 Å². The van der Waals surface area contributed by atoms with Crippen LogP contribution in [0.25, 0.3) is 0 Å². The lowest BCUT2D eigenvalue weighted by molar-refractivity contribution is -0.126. The molecule has 1 rings (SSSR count). The van der Waals surface area contributed by atoms with E-state index in [0.717, 1.165) is 24.5 Å². The minimum absolute atomic E-state index is 0.226. The highest BCUT2D eigenvalue weighted by atomic mass is 19.1. The summed E-state index contributed by atoms with van der Waals surface area (Å²) in [5.74, 6) is -1.90. The van der Waals surface area contributed by atoms with Crippen molar-refractivity contribution in [2.75, 3.05) is 0 Å². The van der Waals surface area contributed by atoms with Crippen LogP contribution in [0.5, 0.6) is 0 Å². The number of alkyl carbamates (subject to hydrolysis) is 1. The van der Waals surface area contributed by atoms with E-state index in [2.05, 4.69) is 21.2 Å². The summed E-state index contributed by atoms with van der Waals surface area (Å²) < 4.78 is 31.7. The second kappa shape index (κ2) is 8.79. The molecule has 0 aliphatic heterocycles. The molecule has 0 fully saturated rings. The SMILES string of the molecule is CC(C)(C)OC(=O)N[C@@H](C(=O)NNC=Nc1cc(F)ccc1F)C(C)(C)C. The Hall–Kier alpha value is -2.71. The van der Waals surface area contributed by atoms with Gasteiger partial charge < -0.3 is 10.1 Å². The molecule has 27 heavy (non-hydrogen) atoms. The third kappa shape index (κ3) is 8.02. The summed E-state index contributed by atoms with van der Waals surface area (Å²) in [4.78, 5) is 28.0. The van der Waals surface area contributed by atoms with E-state index in [1.807, 2.05) is 0 Å². The maximum atomic E-state index is 13.5. The van der Waals surface area contributed by atoms with Crippen molar-refractivity contribution in [3.8, 4) is 0 Å². The van der Waals surface area contributed by atoms with Crippen molar-refractivity contribution < 1.29 is 23.1 Å². The van der Waals surface area contributed by atoms with Gasteiger partial charge in [0.1, 0.15) is 35.3 Å². The van der Waals surface area contributed by atoms with Crippen LogP contribution in [0.15, 0.2) is 23.2 Å². The van der Waals surface area contributed by atoms with Crippen LogP contribution in [-0.4, -0.2) is 30.0 Å². The van der Waals surface area contributed by atoms with Crippen molar-refractivity contribution in [3.63, 3.8) is 0 Å². The predicted octanol–water partition coefficient (Wildman–Crippen LogP) is 3.18. The zero-order valence-electron chi connectivity index (χ0n) is 16.3. The molecule has 0 saturated heterocycles. The van der Waals surface area contributed by atoms with E-state index < -0.39 is 40.7 Å². The fraction of sp³-hybridized carbons (Fsp3) is 0.500. The summed E-state index contributed by atoms with van der Waals surface area (Å²) in [7, 11) is 0. The predicted molar refractivity (Wildman–Crippen MR) is 98.4 cm³/mol. The number of hydrazine groups is 1. The third-order valence-electron chi connectivity index (χ3n) is 3.16. The standard InChI is InChI=1S/C18H26F2N4O3/c1-17(2,3)14(23-16(26)27-18(4,5)6)15(25)24-22-10-21-13-9-11(19)7-8-12(13)20/h7-10,14H,1-6H3,(H,21,22)(H,23,26)(H,24,25)/t14-/m0/s1. The molecular weight excluding hydrogens is 358 g/mol. The second-order valence-corrected chi connectivity index (χ2v) is 7.93. The number of hydrogen-bond acceptors (Lipinski definition) is 4. The molecule has 0 aromatic heterocycles. The summed E-state index contributed by atoms with van der Waals surface area (Å²) in [6.45, 7) is 10.4. The fourth-order valence-corrected chi connectivity index (χ4v) is 1.96. The number of ether oxygens (including phenoxy) is 1. The number of nitrogens with zero attached hydrogens (tertiary/aromatic N) is 1. The van der Waals surface area contributed by atoms with Crippen molar-refractivity contribution in [2.45, 2.75) is 53.2 Å². The van der Waals surface area contributed by atoms with Gasteiger partial charge in [-0.1, -0.05) is 20.8 Å². The Bertz CT molecular complexity index is 710. The first-order valence-corrected chi connectivity index (χ1v) is 8.32. The number of aliphatic imine (C=N–C) groups is 1. The minimum Gasteiger partial charge on any atom is -0.444 e. The average molecular weight is 384 g/mol. The summed E-state index contributed by atoms with van der Waals surface area (Å²) >= 11 is 0. The van der Waals surface area contributed by atoms with Crippen LogP contribution in [0.1, 0.15) is 41.5 Å². The molecule has 0 bridgehead atoms. The van der Waals surface area contributed by atoms with E-state index in [4.69, 9.17) is 4.74 Å². The van der Waals surface area contributed by atoms with Gasteiger partial charge in [0.15, 0.2) is 0 Å². The van der Waals surface area contributed by atoms with Crippen LogP contribution in [0, 0.1) is 17.0 Å². The van der Waals surface area contributed by atoms with Gasteiger partial charge in [0.2, 0.25) is 0 Å². The maximum absolute atomic E-state index is 13.5. The lowest BCUT2D eigenvalue weighted by Gasteiger charge is -2.31. The first-order valence-electron chi connectivity index (χ1n) is 8.32. The van der Waals surface area contributed by atoms with Crippen molar-refractivity contribution in [3.05, 3.63) is 29.8 Å². The van der Waals surface area contributed by atoms with Gasteiger partial charge in [-0.25, -0.2) is 18.6 Å². The quantitative estimate of drug-likeness (QED) is 0.413. The minimum atomic E-state index is -0.917. The Morgan fingerprint density at radius 2 is 1.78 bits per heavy atom. The number of rotatable bonds is 5. The van der Waals surface area contributed by atoms with E-state index in [1.165, 1.54) is 0 Å². The first-order chi connectivity index (χ1) is 12.3. The van der Waals surface area contributed by atoms with E-state index in [1.54, 1.807) is 41.5 Å². The monoisotopic (exact) mass is 384 g/mol. The van der Waals surface area contributed by atoms with Crippen molar-refractivity contribution in [1.29, 1.82) is 0 Å².